The number of carbonyl (C=O) groups is 1. The number of hydrogen-bond donors (Lipinski definition) is 2. The van der Waals surface area contributed by atoms with Crippen LogP contribution in [0, 0.1) is 5.82 Å². The molecule has 26 heavy (non-hydrogen) atoms. The fourth-order valence-electron chi connectivity index (χ4n) is 2.46. The fraction of sp³-hybridized carbons (Fsp3) is 0.188. The molecule has 0 unspecified atom stereocenters. The highest BCUT2D eigenvalue weighted by Gasteiger charge is 2.26. The molecule has 0 bridgehead atoms. The third-order valence-corrected chi connectivity index (χ3v) is 4.50. The van der Waals surface area contributed by atoms with E-state index in [1.165, 1.54) is 21.3 Å². The average Bonchev–Trinajstić information content (AvgIpc) is 2.58. The van der Waals surface area contributed by atoms with E-state index in [1.54, 1.807) is 0 Å². The molecule has 0 heterocycles. The molecule has 10 heteroatoms. The van der Waals surface area contributed by atoms with Crippen molar-refractivity contribution in [3.05, 3.63) is 35.6 Å². The van der Waals surface area contributed by atoms with Crippen molar-refractivity contribution < 1.29 is 36.9 Å². The van der Waals surface area contributed by atoms with Crippen LogP contribution in [0.3, 0.4) is 0 Å². The van der Waals surface area contributed by atoms with Gasteiger partial charge in [-0.15, -0.1) is 0 Å². The van der Waals surface area contributed by atoms with E-state index in [0.29, 0.717) is 0 Å². The summed E-state index contributed by atoms with van der Waals surface area (Å²) >= 11 is 0. The summed E-state index contributed by atoms with van der Waals surface area (Å²) in [6.07, 6.45) is 0. The molecule has 0 aromatic heterocycles. The number of carboxylic acids is 1. The van der Waals surface area contributed by atoms with Gasteiger partial charge < -0.3 is 19.3 Å². The zero-order valence-corrected chi connectivity index (χ0v) is 14.9. The summed E-state index contributed by atoms with van der Waals surface area (Å²) in [7, 11) is -0.277. The largest absolute Gasteiger partial charge is 0.492 e. The summed E-state index contributed by atoms with van der Waals surface area (Å²) in [5.74, 6) is -2.37. The highest BCUT2D eigenvalue weighted by Crippen LogP contribution is 2.47. The number of benzene rings is 2. The van der Waals surface area contributed by atoms with E-state index in [0.717, 1.165) is 24.3 Å². The number of methoxy groups -OCH3 is 3. The fourth-order valence-corrected chi connectivity index (χ4v) is 2.99. The lowest BCUT2D eigenvalue weighted by Crippen LogP contribution is -2.12. The molecule has 2 aromatic carbocycles. The summed E-state index contributed by atoms with van der Waals surface area (Å²) in [5, 5.41) is 14.4. The quantitative estimate of drug-likeness (QED) is 0.777. The maximum atomic E-state index is 14.5. The van der Waals surface area contributed by atoms with Crippen LogP contribution >= 0.6 is 0 Å². The number of carboxylic acid groups (broad SMARTS) is 1. The Balaban J connectivity index is 2.85. The van der Waals surface area contributed by atoms with E-state index in [2.05, 4.69) is 0 Å². The molecule has 0 radical (unpaired) electrons. The van der Waals surface area contributed by atoms with Crippen molar-refractivity contribution in [2.24, 2.45) is 5.14 Å². The van der Waals surface area contributed by atoms with E-state index in [1.807, 2.05) is 0 Å². The van der Waals surface area contributed by atoms with Crippen LogP contribution < -0.4 is 19.3 Å². The minimum atomic E-state index is -4.10. The van der Waals surface area contributed by atoms with Crippen LogP contribution in [0.4, 0.5) is 4.39 Å². The Hall–Kier alpha value is -2.85. The van der Waals surface area contributed by atoms with Gasteiger partial charge in [-0.05, 0) is 24.3 Å². The standard InChI is InChI=1S/C16H16FNO7S/c1-23-13-10(7-11(16(19)20)14(24-2)15(13)25-3)9-5-4-8(6-12(9)17)26(18,21)22/h4-7H,1-3H3,(H,19,20)(H2,18,21,22). The van der Waals surface area contributed by atoms with Crippen molar-refractivity contribution in [3.63, 3.8) is 0 Å². The number of nitrogens with two attached hydrogens (primary N) is 1. The molecule has 0 aliphatic heterocycles. The van der Waals surface area contributed by atoms with Crippen LogP contribution in [0.1, 0.15) is 10.4 Å². The predicted molar refractivity (Wildman–Crippen MR) is 89.8 cm³/mol. The Labute approximate surface area is 149 Å². The number of halogens is 1. The summed E-state index contributed by atoms with van der Waals surface area (Å²) in [6.45, 7) is 0. The first kappa shape index (κ1) is 19.5. The molecule has 0 fully saturated rings. The van der Waals surface area contributed by atoms with Crippen LogP contribution in [-0.4, -0.2) is 40.8 Å². The molecule has 0 spiro atoms. The second-order valence-corrected chi connectivity index (χ2v) is 6.62. The molecule has 8 nitrogen and oxygen atoms in total. The van der Waals surface area contributed by atoms with E-state index in [9.17, 15) is 22.7 Å². The van der Waals surface area contributed by atoms with E-state index in [-0.39, 0.29) is 33.9 Å². The molecule has 2 aromatic rings. The third kappa shape index (κ3) is 3.41. The number of primary sulfonamides is 1. The highest BCUT2D eigenvalue weighted by molar-refractivity contribution is 7.89. The zero-order valence-electron chi connectivity index (χ0n) is 14.1. The first-order valence-corrected chi connectivity index (χ1v) is 8.59. The van der Waals surface area contributed by atoms with Crippen molar-refractivity contribution in [1.29, 1.82) is 0 Å². The average molecular weight is 385 g/mol. The molecule has 0 aliphatic rings. The predicted octanol–water partition coefficient (Wildman–Crippen LogP) is 1.86. The lowest BCUT2D eigenvalue weighted by atomic mass is 9.99. The molecule has 0 atom stereocenters. The number of ether oxygens (including phenoxy) is 3. The molecular formula is C16H16FNO7S. The van der Waals surface area contributed by atoms with Gasteiger partial charge in [-0.1, -0.05) is 0 Å². The van der Waals surface area contributed by atoms with Crippen LogP contribution in [-0.2, 0) is 10.0 Å². The Bertz CT molecular complexity index is 973. The van der Waals surface area contributed by atoms with Crippen molar-refractivity contribution in [3.8, 4) is 28.4 Å². The first-order chi connectivity index (χ1) is 12.1. The van der Waals surface area contributed by atoms with Gasteiger partial charge in [0.1, 0.15) is 11.4 Å². The molecule has 140 valence electrons. The van der Waals surface area contributed by atoms with Gasteiger partial charge in [0.05, 0.1) is 26.2 Å². The summed E-state index contributed by atoms with van der Waals surface area (Å²) < 4.78 is 52.8. The maximum Gasteiger partial charge on any atom is 0.339 e. The van der Waals surface area contributed by atoms with Crippen LogP contribution in [0.25, 0.3) is 11.1 Å². The molecule has 0 saturated carbocycles. The number of rotatable bonds is 6. The van der Waals surface area contributed by atoms with Gasteiger partial charge in [0.25, 0.3) is 0 Å². The molecule has 0 amide bonds. The zero-order chi connectivity index (χ0) is 19.6. The van der Waals surface area contributed by atoms with E-state index < -0.39 is 26.7 Å². The van der Waals surface area contributed by atoms with Crippen LogP contribution in [0.5, 0.6) is 17.2 Å². The van der Waals surface area contributed by atoms with Gasteiger partial charge in [0.15, 0.2) is 11.5 Å². The van der Waals surface area contributed by atoms with Crippen LogP contribution in [0.2, 0.25) is 0 Å². The van der Waals surface area contributed by atoms with Gasteiger partial charge in [-0.25, -0.2) is 22.7 Å². The lowest BCUT2D eigenvalue weighted by Gasteiger charge is -2.18. The maximum absolute atomic E-state index is 14.5. The highest BCUT2D eigenvalue weighted by atomic mass is 32.2. The van der Waals surface area contributed by atoms with E-state index >= 15 is 0 Å². The summed E-state index contributed by atoms with van der Waals surface area (Å²) in [4.78, 5) is 11.1. The molecule has 0 saturated heterocycles. The number of hydrogen-bond acceptors (Lipinski definition) is 6. The topological polar surface area (TPSA) is 125 Å². The Kier molecular flexibility index (Phi) is 5.38. The minimum Gasteiger partial charge on any atom is -0.492 e. The molecule has 0 aliphatic carbocycles. The van der Waals surface area contributed by atoms with Gasteiger partial charge >= 0.3 is 5.97 Å². The number of aromatic carboxylic acids is 1. The van der Waals surface area contributed by atoms with Crippen molar-refractivity contribution in [2.75, 3.05) is 21.3 Å². The molecule has 2 rings (SSSR count). The third-order valence-electron chi connectivity index (χ3n) is 3.59. The Morgan fingerprint density at radius 2 is 1.58 bits per heavy atom. The first-order valence-electron chi connectivity index (χ1n) is 7.04. The van der Waals surface area contributed by atoms with Gasteiger partial charge in [-0.2, -0.15) is 0 Å². The Morgan fingerprint density at radius 1 is 1.00 bits per heavy atom. The normalized spacial score (nSPS) is 11.1. The van der Waals surface area contributed by atoms with Crippen molar-refractivity contribution >= 4 is 16.0 Å². The monoisotopic (exact) mass is 385 g/mol. The van der Waals surface area contributed by atoms with Crippen LogP contribution in [0.15, 0.2) is 29.2 Å². The van der Waals surface area contributed by atoms with Gasteiger partial charge in [0, 0.05) is 11.1 Å². The second kappa shape index (κ2) is 7.18. The smallest absolute Gasteiger partial charge is 0.339 e. The Morgan fingerprint density at radius 3 is 2.00 bits per heavy atom. The van der Waals surface area contributed by atoms with Gasteiger partial charge in [0.2, 0.25) is 15.8 Å². The van der Waals surface area contributed by atoms with E-state index in [4.69, 9.17) is 19.3 Å². The van der Waals surface area contributed by atoms with Crippen molar-refractivity contribution in [1.82, 2.24) is 0 Å². The molecule has 3 N–H and O–H groups in total. The van der Waals surface area contributed by atoms with Gasteiger partial charge in [-0.3, -0.25) is 0 Å². The second-order valence-electron chi connectivity index (χ2n) is 5.06. The molecular weight excluding hydrogens is 369 g/mol. The summed E-state index contributed by atoms with van der Waals surface area (Å²) in [5.41, 5.74) is -0.339. The minimum absolute atomic E-state index is 0.0246. The lowest BCUT2D eigenvalue weighted by molar-refractivity contribution is 0.0692. The number of sulfonamides is 1. The van der Waals surface area contributed by atoms with Crippen molar-refractivity contribution in [2.45, 2.75) is 4.90 Å². The summed E-state index contributed by atoms with van der Waals surface area (Å²) in [6, 6.07) is 4.15. The SMILES string of the molecule is COc1c(C(=O)O)cc(-c2ccc(S(N)(=O)=O)cc2F)c(OC)c1OC.